The highest BCUT2D eigenvalue weighted by atomic mass is 35.5. The standard InChI is InChI=1S/C35H40N4O2.C29H32Cl2N4O2.2C29H36N4O2/c1-38(2)21-20-33-35(41)39(25-32(27-12-5-3-6-13-27)28-14-7-4-8-15-28)22-19-31(37-33)24-36-34(40)30-18-17-26-11-9-10-16-29(26)23-30;30-24-13-20(14-25(31)16-24)18-35-12-9-26(33-27(29(35)37)19-34-10-3-4-11-34)17-32-28(36)23-8-7-21-5-1-2-6-22(21)15-23;2*1-21(22-8-3-2-4-9-22)20-33-17-15-26(32-27(29(33)35)12-7-16-30)19-31-28(34)25-14-13-23-10-5-6-11-24(23)18-25/h3-18,23,31-33,37H,19-22,24-25H2,1-2H3,(H,36,40);1-2,5-8,13-16,26-27,33H,3-4,9-12,17-19H2,(H,32,36);2*2-6,8-11,13-14,18,21,26-27,32H,7,12,15-17,19-20,30H2,1H3,(H,31,34)/t31-,33-;26-,27-;21-,26+,27+;21-,26-,27-/m0010/s1. The maximum absolute atomic E-state index is 13.9. The summed E-state index contributed by atoms with van der Waals surface area (Å²) in [6, 6.07) is 101. The smallest absolute Gasteiger partial charge is 0.251 e. The van der Waals surface area contributed by atoms with E-state index in [0.29, 0.717) is 150 Å². The van der Waals surface area contributed by atoms with Crippen LogP contribution in [-0.2, 0) is 25.7 Å². The van der Waals surface area contributed by atoms with Crippen LogP contribution >= 0.6 is 23.2 Å². The molecule has 12 N–H and O–H groups in total. The maximum atomic E-state index is 13.9. The second-order valence-corrected chi connectivity index (χ2v) is 41.1. The van der Waals surface area contributed by atoms with Crippen molar-refractivity contribution in [2.24, 2.45) is 11.5 Å². The molecule has 0 aliphatic carbocycles. The van der Waals surface area contributed by atoms with Crippen molar-refractivity contribution in [3.63, 3.8) is 0 Å². The minimum atomic E-state index is -0.335. The zero-order chi connectivity index (χ0) is 104. The number of rotatable bonds is 35. The summed E-state index contributed by atoms with van der Waals surface area (Å²) < 4.78 is 0. The third-order valence-electron chi connectivity index (χ3n) is 29.0. The Morgan fingerprint density at radius 2 is 0.635 bits per heavy atom. The lowest BCUT2D eigenvalue weighted by Gasteiger charge is -2.29. The van der Waals surface area contributed by atoms with E-state index in [1.165, 1.54) is 22.3 Å². The third-order valence-corrected chi connectivity index (χ3v) is 29.4. The molecule has 13 aromatic rings. The Hall–Kier alpha value is -13.1. The molecule has 0 bridgehead atoms. The van der Waals surface area contributed by atoms with Gasteiger partial charge in [-0.3, -0.25) is 38.4 Å². The van der Waals surface area contributed by atoms with Gasteiger partial charge in [-0.15, -0.1) is 0 Å². The molecule has 0 saturated carbocycles. The van der Waals surface area contributed by atoms with Crippen LogP contribution in [0.15, 0.2) is 309 Å². The van der Waals surface area contributed by atoms with Gasteiger partial charge in [0.25, 0.3) is 23.6 Å². The summed E-state index contributed by atoms with van der Waals surface area (Å²) in [6.45, 7) is 15.8. The van der Waals surface area contributed by atoms with Gasteiger partial charge in [0.15, 0.2) is 0 Å². The lowest BCUT2D eigenvalue weighted by Crippen LogP contribution is -2.53. The van der Waals surface area contributed by atoms with Crippen molar-refractivity contribution in [1.29, 1.82) is 0 Å². The van der Waals surface area contributed by atoms with Crippen molar-refractivity contribution in [3.8, 4) is 0 Å². The van der Waals surface area contributed by atoms with Crippen molar-refractivity contribution < 1.29 is 38.4 Å². The molecule has 148 heavy (non-hydrogen) atoms. The van der Waals surface area contributed by atoms with Crippen LogP contribution in [0.5, 0.6) is 0 Å². The molecule has 5 fully saturated rings. The average molecular weight is 2030 g/mol. The maximum Gasteiger partial charge on any atom is 0.251 e. The Morgan fingerprint density at radius 1 is 0.345 bits per heavy atom. The van der Waals surface area contributed by atoms with E-state index >= 15 is 0 Å². The van der Waals surface area contributed by atoms with E-state index in [2.05, 4.69) is 139 Å². The van der Waals surface area contributed by atoms with Gasteiger partial charge in [-0.05, 0) is 267 Å². The van der Waals surface area contributed by atoms with E-state index in [1.54, 1.807) is 6.07 Å². The zero-order valence-corrected chi connectivity index (χ0v) is 87.2. The zero-order valence-electron chi connectivity index (χ0n) is 85.7. The Labute approximate surface area is 881 Å². The van der Waals surface area contributed by atoms with Gasteiger partial charge in [0.1, 0.15) is 0 Å². The van der Waals surface area contributed by atoms with E-state index in [1.807, 2.05) is 264 Å². The molecule has 10 atom stereocenters. The van der Waals surface area contributed by atoms with Gasteiger partial charge in [-0.1, -0.05) is 280 Å². The molecule has 24 nitrogen and oxygen atoms in total. The molecule has 0 unspecified atom stereocenters. The summed E-state index contributed by atoms with van der Waals surface area (Å²) in [5, 5.41) is 36.3. The molecule has 0 aromatic heterocycles. The molecule has 0 spiro atoms. The number of nitrogens with one attached hydrogen (secondary N) is 8. The molecule has 18 rings (SSSR count). The minimum Gasteiger partial charge on any atom is -0.350 e. The number of halogens is 2. The normalized spacial score (nSPS) is 19.3. The number of hydrogen-bond acceptors (Lipinski definition) is 16. The largest absolute Gasteiger partial charge is 0.350 e. The number of amides is 8. The monoisotopic (exact) mass is 2030 g/mol. The van der Waals surface area contributed by atoms with Crippen molar-refractivity contribution >= 4 is 114 Å². The average Bonchev–Trinajstić information content (AvgIpc) is 1.73. The second kappa shape index (κ2) is 55.3. The quantitative estimate of drug-likeness (QED) is 0.0177. The van der Waals surface area contributed by atoms with E-state index in [-0.39, 0.29) is 113 Å². The molecular weight excluding hydrogens is 1890 g/mol. The number of carbonyl (C=O) groups is 8. The predicted octanol–water partition coefficient (Wildman–Crippen LogP) is 17.0. The fourth-order valence-corrected chi connectivity index (χ4v) is 21.2. The number of likely N-dealkylation sites (tertiary alicyclic amines) is 1. The fraction of sp³-hybridized carbons (Fsp3) is 0.361. The highest BCUT2D eigenvalue weighted by Gasteiger charge is 2.38. The molecule has 5 aliphatic heterocycles. The van der Waals surface area contributed by atoms with Gasteiger partial charge in [-0.2, -0.15) is 0 Å². The number of nitrogens with two attached hydrogens (primary N) is 2. The Morgan fingerprint density at radius 3 is 0.966 bits per heavy atom. The third kappa shape index (κ3) is 31.5. The molecule has 774 valence electrons. The number of benzene rings is 13. The number of hydrogen-bond donors (Lipinski definition) is 10. The van der Waals surface area contributed by atoms with Crippen molar-refractivity contribution in [1.82, 2.24) is 71.9 Å². The van der Waals surface area contributed by atoms with Crippen LogP contribution in [0.25, 0.3) is 43.1 Å². The van der Waals surface area contributed by atoms with Gasteiger partial charge in [0, 0.05) is 147 Å². The highest BCUT2D eigenvalue weighted by Crippen LogP contribution is 2.31. The van der Waals surface area contributed by atoms with E-state index in [0.717, 1.165) is 120 Å². The van der Waals surface area contributed by atoms with Crippen LogP contribution in [0.4, 0.5) is 0 Å². The molecule has 5 saturated heterocycles. The lowest BCUT2D eigenvalue weighted by molar-refractivity contribution is -0.134. The van der Waals surface area contributed by atoms with Gasteiger partial charge < -0.3 is 83.4 Å². The Bertz CT molecular complexity index is 6310. The van der Waals surface area contributed by atoms with Crippen LogP contribution in [0.2, 0.25) is 10.0 Å². The first-order valence-electron chi connectivity index (χ1n) is 52.7. The molecule has 26 heteroatoms. The van der Waals surface area contributed by atoms with Crippen LogP contribution in [0, 0.1) is 0 Å². The SMILES string of the molecule is CN(C)CC[C@@H]1N[C@H](CNC(=O)c2ccc3ccccc3c2)CCN(CC(c2ccccc2)c2ccccc2)C1=O.C[C@@H](CN1CC[C@@H](CNC(=O)c2ccc3ccccc3c2)N[C@@H](CCCN)C1=O)c1ccccc1.C[C@H](CN1CC[C@@H](CNC(=O)c2ccc3ccccc3c2)N[C@@H](CCCN)C1=O)c1ccccc1.O=C(NC[C@@H]1CCN(Cc2cc(Cl)cc(Cl)c2)C(=O)[C@H](CN2CCCC2)N1)c1ccc2ccccc2c1. The first kappa shape index (κ1) is 109. The lowest BCUT2D eigenvalue weighted by atomic mass is 9.90. The number of carbonyl (C=O) groups excluding carboxylic acids is 8. The summed E-state index contributed by atoms with van der Waals surface area (Å²) in [6.07, 6.45) is 9.04. The number of nitrogens with zero attached hydrogens (tertiary/aromatic N) is 6. The predicted molar refractivity (Wildman–Crippen MR) is 598 cm³/mol. The van der Waals surface area contributed by atoms with E-state index in [4.69, 9.17) is 34.7 Å². The number of fused-ring (bicyclic) bond motifs is 4. The molecule has 0 radical (unpaired) electrons. The first-order valence-corrected chi connectivity index (χ1v) is 53.5. The van der Waals surface area contributed by atoms with Crippen LogP contribution in [0.3, 0.4) is 0 Å². The Kier molecular flexibility index (Phi) is 40.7. The van der Waals surface area contributed by atoms with Gasteiger partial charge in [0.05, 0.1) is 24.2 Å². The second-order valence-electron chi connectivity index (χ2n) is 40.3. The Balaban J connectivity index is 0.000000148. The summed E-state index contributed by atoms with van der Waals surface area (Å²) in [5.41, 5.74) is 19.8. The van der Waals surface area contributed by atoms with E-state index < -0.39 is 0 Å². The van der Waals surface area contributed by atoms with Gasteiger partial charge >= 0.3 is 0 Å². The van der Waals surface area contributed by atoms with Gasteiger partial charge in [0.2, 0.25) is 23.6 Å². The summed E-state index contributed by atoms with van der Waals surface area (Å²) in [4.78, 5) is 118. The van der Waals surface area contributed by atoms with E-state index in [9.17, 15) is 38.4 Å². The van der Waals surface area contributed by atoms with Gasteiger partial charge in [-0.25, -0.2) is 0 Å². The summed E-state index contributed by atoms with van der Waals surface area (Å²) in [5.74, 6) is 0.654. The molecule has 8 amide bonds. The van der Waals surface area contributed by atoms with Crippen LogP contribution in [0.1, 0.15) is 171 Å². The van der Waals surface area contributed by atoms with Crippen LogP contribution in [-0.4, -0.2) is 250 Å². The van der Waals surface area contributed by atoms with Crippen molar-refractivity contribution in [2.45, 2.75) is 157 Å². The fourth-order valence-electron chi connectivity index (χ4n) is 20.6. The molecule has 5 heterocycles. The van der Waals surface area contributed by atoms with Crippen LogP contribution < -0.4 is 54.0 Å². The van der Waals surface area contributed by atoms with Crippen molar-refractivity contribution in [3.05, 3.63) is 370 Å². The minimum absolute atomic E-state index is 0.00702. The highest BCUT2D eigenvalue weighted by molar-refractivity contribution is 6.34. The molecule has 13 aromatic carbocycles. The topological polar surface area (TPSA) is 304 Å². The summed E-state index contributed by atoms with van der Waals surface area (Å²) >= 11 is 12.4. The first-order chi connectivity index (χ1) is 72.0. The van der Waals surface area contributed by atoms with Crippen molar-refractivity contribution in [2.75, 3.05) is 125 Å². The molecule has 5 aliphatic rings. The summed E-state index contributed by atoms with van der Waals surface area (Å²) in [7, 11) is 4.06. The molecular formula is C122H144Cl2N16O8.